The normalized spacial score (nSPS) is 18.8. The maximum absolute atomic E-state index is 11.8. The van der Waals surface area contributed by atoms with Crippen molar-refractivity contribution >= 4 is 32.6 Å². The molecule has 1 aliphatic rings. The monoisotopic (exact) mass is 276 g/mol. The molecule has 1 atom stereocenters. The molecule has 2 aromatic rings. The Morgan fingerprint density at radius 1 is 1.47 bits per heavy atom. The first-order valence-corrected chi connectivity index (χ1v) is 7.40. The number of aromatic nitrogens is 1. The minimum atomic E-state index is 0.0227. The van der Waals surface area contributed by atoms with Crippen molar-refractivity contribution in [3.8, 4) is 0 Å². The van der Waals surface area contributed by atoms with Gasteiger partial charge in [-0.1, -0.05) is 23.5 Å². The second-order valence-electron chi connectivity index (χ2n) is 4.71. The quantitative estimate of drug-likeness (QED) is 0.933. The molecule has 0 spiro atoms. The highest BCUT2D eigenvalue weighted by molar-refractivity contribution is 7.22. The molecule has 1 saturated heterocycles. The Bertz CT molecular complexity index is 543. The summed E-state index contributed by atoms with van der Waals surface area (Å²) >= 11 is 1.51. The van der Waals surface area contributed by atoms with E-state index < -0.39 is 0 Å². The van der Waals surface area contributed by atoms with E-state index in [-0.39, 0.29) is 12.0 Å². The van der Waals surface area contributed by atoms with E-state index in [1.807, 2.05) is 24.3 Å². The molecule has 1 aliphatic heterocycles. The highest BCUT2D eigenvalue weighted by Crippen LogP contribution is 2.25. The summed E-state index contributed by atoms with van der Waals surface area (Å²) in [5, 5.41) is 3.55. The molecular formula is C14H16N2O2S. The highest BCUT2D eigenvalue weighted by Gasteiger charge is 2.17. The molecule has 1 aromatic carbocycles. The molecule has 2 heterocycles. The number of thiazole rings is 1. The van der Waals surface area contributed by atoms with E-state index in [1.54, 1.807) is 0 Å². The Hall–Kier alpha value is -1.46. The highest BCUT2D eigenvalue weighted by atomic mass is 32.1. The van der Waals surface area contributed by atoms with Gasteiger partial charge in [-0.2, -0.15) is 0 Å². The molecule has 0 radical (unpaired) electrons. The van der Waals surface area contributed by atoms with Gasteiger partial charge in [0.25, 0.3) is 0 Å². The van der Waals surface area contributed by atoms with Gasteiger partial charge >= 0.3 is 0 Å². The number of anilines is 1. The fourth-order valence-corrected chi connectivity index (χ4v) is 3.15. The standard InChI is InChI=1S/C14H16N2O2S/c17-13(8-7-10-4-3-9-18-10)16-14-15-11-5-1-2-6-12(11)19-14/h1-2,5-6,10H,3-4,7-9H2,(H,15,16,17). The zero-order chi connectivity index (χ0) is 13.1. The second kappa shape index (κ2) is 5.67. The maximum Gasteiger partial charge on any atom is 0.226 e. The Labute approximate surface area is 115 Å². The predicted molar refractivity (Wildman–Crippen MR) is 76.5 cm³/mol. The number of para-hydroxylation sites is 1. The predicted octanol–water partition coefficient (Wildman–Crippen LogP) is 3.19. The van der Waals surface area contributed by atoms with E-state index in [4.69, 9.17) is 4.74 Å². The summed E-state index contributed by atoms with van der Waals surface area (Å²) in [4.78, 5) is 16.2. The Morgan fingerprint density at radius 3 is 3.16 bits per heavy atom. The molecule has 0 bridgehead atoms. The van der Waals surface area contributed by atoms with Gasteiger partial charge in [-0.05, 0) is 31.4 Å². The molecular weight excluding hydrogens is 260 g/mol. The number of nitrogens with one attached hydrogen (secondary N) is 1. The summed E-state index contributed by atoms with van der Waals surface area (Å²) < 4.78 is 6.60. The fourth-order valence-electron chi connectivity index (χ4n) is 2.27. The minimum absolute atomic E-state index is 0.0227. The lowest BCUT2D eigenvalue weighted by molar-refractivity contribution is -0.116. The van der Waals surface area contributed by atoms with Crippen LogP contribution in [0.3, 0.4) is 0 Å². The van der Waals surface area contributed by atoms with Crippen LogP contribution in [0.1, 0.15) is 25.7 Å². The Kier molecular flexibility index (Phi) is 3.75. The second-order valence-corrected chi connectivity index (χ2v) is 5.74. The van der Waals surface area contributed by atoms with Crippen LogP contribution in [0.25, 0.3) is 10.2 Å². The zero-order valence-corrected chi connectivity index (χ0v) is 11.4. The van der Waals surface area contributed by atoms with Crippen LogP contribution >= 0.6 is 11.3 Å². The molecule has 19 heavy (non-hydrogen) atoms. The van der Waals surface area contributed by atoms with Crippen molar-refractivity contribution in [2.75, 3.05) is 11.9 Å². The van der Waals surface area contributed by atoms with Crippen molar-refractivity contribution in [1.29, 1.82) is 0 Å². The lowest BCUT2D eigenvalue weighted by Crippen LogP contribution is -2.15. The van der Waals surface area contributed by atoms with E-state index in [1.165, 1.54) is 11.3 Å². The van der Waals surface area contributed by atoms with Gasteiger partial charge in [-0.15, -0.1) is 0 Å². The van der Waals surface area contributed by atoms with Crippen molar-refractivity contribution < 1.29 is 9.53 Å². The van der Waals surface area contributed by atoms with Crippen molar-refractivity contribution in [2.45, 2.75) is 31.8 Å². The first-order chi connectivity index (χ1) is 9.31. The van der Waals surface area contributed by atoms with Crippen LogP contribution in [0.2, 0.25) is 0 Å². The van der Waals surface area contributed by atoms with Crippen LogP contribution in [0.15, 0.2) is 24.3 Å². The van der Waals surface area contributed by atoms with Gasteiger partial charge in [0.1, 0.15) is 0 Å². The number of hydrogen-bond acceptors (Lipinski definition) is 4. The average molecular weight is 276 g/mol. The van der Waals surface area contributed by atoms with Crippen LogP contribution in [0, 0.1) is 0 Å². The minimum Gasteiger partial charge on any atom is -0.378 e. The van der Waals surface area contributed by atoms with E-state index in [2.05, 4.69) is 10.3 Å². The summed E-state index contributed by atoms with van der Waals surface area (Å²) in [6.07, 6.45) is 3.76. The molecule has 3 rings (SSSR count). The number of carbonyl (C=O) groups excluding carboxylic acids is 1. The van der Waals surface area contributed by atoms with E-state index in [0.29, 0.717) is 11.6 Å². The van der Waals surface area contributed by atoms with Crippen molar-refractivity contribution in [3.05, 3.63) is 24.3 Å². The Balaban J connectivity index is 1.56. The van der Waals surface area contributed by atoms with Crippen LogP contribution in [0.5, 0.6) is 0 Å². The van der Waals surface area contributed by atoms with E-state index in [0.717, 1.165) is 36.1 Å². The molecule has 1 fully saturated rings. The topological polar surface area (TPSA) is 51.2 Å². The number of hydrogen-bond donors (Lipinski definition) is 1. The maximum atomic E-state index is 11.8. The molecule has 0 saturated carbocycles. The Morgan fingerprint density at radius 2 is 2.37 bits per heavy atom. The van der Waals surface area contributed by atoms with Gasteiger partial charge < -0.3 is 10.1 Å². The number of rotatable bonds is 4. The van der Waals surface area contributed by atoms with Crippen molar-refractivity contribution in [2.24, 2.45) is 0 Å². The number of carbonyl (C=O) groups is 1. The third-order valence-corrected chi connectivity index (χ3v) is 4.21. The third-order valence-electron chi connectivity index (χ3n) is 3.26. The van der Waals surface area contributed by atoms with E-state index in [9.17, 15) is 4.79 Å². The van der Waals surface area contributed by atoms with Gasteiger partial charge in [0, 0.05) is 13.0 Å². The number of ether oxygens (including phenoxy) is 1. The molecule has 1 aromatic heterocycles. The number of amides is 1. The van der Waals surface area contributed by atoms with Gasteiger partial charge in [0.05, 0.1) is 16.3 Å². The molecule has 5 heteroatoms. The van der Waals surface area contributed by atoms with Gasteiger partial charge in [-0.25, -0.2) is 4.98 Å². The summed E-state index contributed by atoms with van der Waals surface area (Å²) in [5.74, 6) is 0.0227. The van der Waals surface area contributed by atoms with Gasteiger partial charge in [0.15, 0.2) is 5.13 Å². The molecule has 1 amide bonds. The average Bonchev–Trinajstić information content (AvgIpc) is 3.04. The summed E-state index contributed by atoms with van der Waals surface area (Å²) in [6.45, 7) is 0.837. The summed E-state index contributed by atoms with van der Waals surface area (Å²) in [6, 6.07) is 7.89. The van der Waals surface area contributed by atoms with Crippen LogP contribution < -0.4 is 5.32 Å². The molecule has 100 valence electrons. The van der Waals surface area contributed by atoms with Crippen molar-refractivity contribution in [3.63, 3.8) is 0 Å². The van der Waals surface area contributed by atoms with Crippen LogP contribution in [-0.4, -0.2) is 23.6 Å². The van der Waals surface area contributed by atoms with Crippen LogP contribution in [0.4, 0.5) is 5.13 Å². The summed E-state index contributed by atoms with van der Waals surface area (Å²) in [7, 11) is 0. The SMILES string of the molecule is O=C(CCC1CCCO1)Nc1nc2ccccc2s1. The first kappa shape index (κ1) is 12.6. The summed E-state index contributed by atoms with van der Waals surface area (Å²) in [5.41, 5.74) is 0.932. The van der Waals surface area contributed by atoms with Crippen LogP contribution in [-0.2, 0) is 9.53 Å². The largest absolute Gasteiger partial charge is 0.378 e. The number of nitrogens with zero attached hydrogens (tertiary/aromatic N) is 1. The van der Waals surface area contributed by atoms with E-state index >= 15 is 0 Å². The smallest absolute Gasteiger partial charge is 0.226 e. The zero-order valence-electron chi connectivity index (χ0n) is 10.6. The molecule has 1 unspecified atom stereocenters. The fraction of sp³-hybridized carbons (Fsp3) is 0.429. The lowest BCUT2D eigenvalue weighted by Gasteiger charge is -2.07. The van der Waals surface area contributed by atoms with Gasteiger partial charge in [0.2, 0.25) is 5.91 Å². The number of benzene rings is 1. The molecule has 1 N–H and O–H groups in total. The lowest BCUT2D eigenvalue weighted by atomic mass is 10.1. The van der Waals surface area contributed by atoms with Crippen molar-refractivity contribution in [1.82, 2.24) is 4.98 Å². The third kappa shape index (κ3) is 3.11. The first-order valence-electron chi connectivity index (χ1n) is 6.58. The molecule has 4 nitrogen and oxygen atoms in total. The molecule has 0 aliphatic carbocycles. The number of fused-ring (bicyclic) bond motifs is 1. The van der Waals surface area contributed by atoms with Gasteiger partial charge in [-0.3, -0.25) is 4.79 Å².